The molecule has 2 N–H and O–H groups in total. The molecule has 7 heteroatoms. The van der Waals surface area contributed by atoms with E-state index in [2.05, 4.69) is 23.9 Å². The van der Waals surface area contributed by atoms with Gasteiger partial charge in [-0.25, -0.2) is 8.42 Å². The number of likely N-dealkylation sites (N-methyl/N-ethyl adjacent to an activating group) is 1. The van der Waals surface area contributed by atoms with Gasteiger partial charge in [0.15, 0.2) is 6.61 Å². The second-order valence-electron chi connectivity index (χ2n) is 5.82. The second-order valence-corrected chi connectivity index (χ2v) is 7.50. The van der Waals surface area contributed by atoms with Crippen LogP contribution >= 0.6 is 0 Å². The summed E-state index contributed by atoms with van der Waals surface area (Å²) in [6, 6.07) is 13.2. The summed E-state index contributed by atoms with van der Waals surface area (Å²) < 4.78 is 32.7. The number of carbonyl (C=O) groups is 1. The van der Waals surface area contributed by atoms with Crippen molar-refractivity contribution in [1.29, 1.82) is 0 Å². The van der Waals surface area contributed by atoms with Gasteiger partial charge in [-0.1, -0.05) is 26.0 Å². The summed E-state index contributed by atoms with van der Waals surface area (Å²) in [5.74, 6) is 0.542. The lowest BCUT2D eigenvalue weighted by Crippen LogP contribution is -2.24. The fourth-order valence-corrected chi connectivity index (χ4v) is 3.14. The largest absolute Gasteiger partial charge is 0.484 e. The van der Waals surface area contributed by atoms with Crippen molar-refractivity contribution in [3.8, 4) is 5.75 Å². The summed E-state index contributed by atoms with van der Waals surface area (Å²) in [4.78, 5) is 11.3. The molecule has 0 atom stereocenters. The summed E-state index contributed by atoms with van der Waals surface area (Å²) in [6.45, 7) is 4.03. The number of hydrogen-bond acceptors (Lipinski definition) is 4. The minimum absolute atomic E-state index is 0.118. The third kappa shape index (κ3) is 5.22. The molecule has 0 bridgehead atoms. The number of anilines is 1. The maximum atomic E-state index is 12.4. The summed E-state index contributed by atoms with van der Waals surface area (Å²) in [5.41, 5.74) is 1.64. The normalized spacial score (nSPS) is 11.2. The first kappa shape index (κ1) is 18.8. The van der Waals surface area contributed by atoms with Crippen LogP contribution < -0.4 is 14.8 Å². The molecule has 0 aliphatic rings. The molecule has 6 nitrogen and oxygen atoms in total. The molecule has 2 aromatic rings. The zero-order valence-electron chi connectivity index (χ0n) is 14.4. The zero-order valence-corrected chi connectivity index (χ0v) is 15.3. The third-order valence-corrected chi connectivity index (χ3v) is 5.01. The van der Waals surface area contributed by atoms with Crippen molar-refractivity contribution >= 4 is 21.6 Å². The molecule has 0 fully saturated rings. The van der Waals surface area contributed by atoms with Crippen LogP contribution in [-0.4, -0.2) is 28.0 Å². The van der Waals surface area contributed by atoms with Gasteiger partial charge in [0.05, 0.1) is 4.90 Å². The van der Waals surface area contributed by atoms with Crippen LogP contribution in [0.1, 0.15) is 25.3 Å². The smallest absolute Gasteiger partial charge is 0.261 e. The van der Waals surface area contributed by atoms with Crippen molar-refractivity contribution in [1.82, 2.24) is 5.32 Å². The van der Waals surface area contributed by atoms with Crippen LogP contribution in [-0.2, 0) is 14.8 Å². The fourth-order valence-electron chi connectivity index (χ4n) is 2.09. The minimum atomic E-state index is -3.68. The lowest BCUT2D eigenvalue weighted by Gasteiger charge is -2.11. The summed E-state index contributed by atoms with van der Waals surface area (Å²) in [5, 5.41) is 2.44. The summed E-state index contributed by atoms with van der Waals surface area (Å²) in [6.07, 6.45) is 0. The predicted octanol–water partition coefficient (Wildman–Crippen LogP) is 2.74. The van der Waals surface area contributed by atoms with E-state index in [1.807, 2.05) is 12.1 Å². The Morgan fingerprint density at radius 1 is 1.04 bits per heavy atom. The van der Waals surface area contributed by atoms with Crippen molar-refractivity contribution in [2.24, 2.45) is 0 Å². The van der Waals surface area contributed by atoms with Crippen LogP contribution in [0, 0.1) is 0 Å². The van der Waals surface area contributed by atoms with Crippen molar-refractivity contribution in [2.45, 2.75) is 24.7 Å². The van der Waals surface area contributed by atoms with Gasteiger partial charge >= 0.3 is 0 Å². The summed E-state index contributed by atoms with van der Waals surface area (Å²) >= 11 is 0. The van der Waals surface area contributed by atoms with Crippen LogP contribution in [0.4, 0.5) is 5.69 Å². The van der Waals surface area contributed by atoms with Crippen LogP contribution in [0.3, 0.4) is 0 Å². The lowest BCUT2D eigenvalue weighted by atomic mass is 10.0. The van der Waals surface area contributed by atoms with E-state index in [9.17, 15) is 13.2 Å². The Hall–Kier alpha value is -2.54. The fraction of sp³-hybridized carbons (Fsp3) is 0.278. The van der Waals surface area contributed by atoms with Gasteiger partial charge in [-0.3, -0.25) is 9.52 Å². The Labute approximate surface area is 148 Å². The summed E-state index contributed by atoms with van der Waals surface area (Å²) in [7, 11) is -2.17. The monoisotopic (exact) mass is 362 g/mol. The number of nitrogens with one attached hydrogen (secondary N) is 2. The minimum Gasteiger partial charge on any atom is -0.484 e. The first-order chi connectivity index (χ1) is 11.8. The van der Waals surface area contributed by atoms with Gasteiger partial charge in [-0.2, -0.15) is 0 Å². The molecule has 25 heavy (non-hydrogen) atoms. The predicted molar refractivity (Wildman–Crippen MR) is 97.3 cm³/mol. The number of amides is 1. The quantitative estimate of drug-likeness (QED) is 0.793. The highest BCUT2D eigenvalue weighted by Crippen LogP contribution is 2.21. The molecule has 0 aromatic heterocycles. The van der Waals surface area contributed by atoms with E-state index in [4.69, 9.17) is 4.74 Å². The molecule has 2 rings (SSSR count). The Balaban J connectivity index is 2.07. The average Bonchev–Trinajstić information content (AvgIpc) is 2.60. The van der Waals surface area contributed by atoms with E-state index in [1.165, 1.54) is 31.3 Å². The molecule has 0 saturated carbocycles. The molecular weight excluding hydrogens is 340 g/mol. The molecule has 0 aliphatic carbocycles. The number of carbonyl (C=O) groups excluding carboxylic acids is 1. The molecule has 134 valence electrons. The van der Waals surface area contributed by atoms with E-state index in [1.54, 1.807) is 12.1 Å². The highest BCUT2D eigenvalue weighted by molar-refractivity contribution is 7.92. The van der Waals surface area contributed by atoms with Crippen LogP contribution in [0.15, 0.2) is 53.4 Å². The first-order valence-electron chi connectivity index (χ1n) is 7.88. The molecule has 0 heterocycles. The number of benzene rings is 2. The maximum Gasteiger partial charge on any atom is 0.261 e. The van der Waals surface area contributed by atoms with Gasteiger partial charge in [-0.15, -0.1) is 0 Å². The zero-order chi connectivity index (χ0) is 18.4. The standard InChI is InChI=1S/C18H22N2O4S/c1-13(2)14-4-6-15(7-5-14)20-25(22,23)17-10-8-16(9-11-17)24-12-18(21)19-3/h4-11,13,20H,12H2,1-3H3,(H,19,21). The van der Waals surface area contributed by atoms with Crippen molar-refractivity contribution < 1.29 is 17.9 Å². The van der Waals surface area contributed by atoms with Crippen LogP contribution in [0.2, 0.25) is 0 Å². The maximum absolute atomic E-state index is 12.4. The van der Waals surface area contributed by atoms with Crippen LogP contribution in [0.25, 0.3) is 0 Å². The van der Waals surface area contributed by atoms with E-state index >= 15 is 0 Å². The molecular formula is C18H22N2O4S. The molecule has 0 spiro atoms. The molecule has 0 unspecified atom stereocenters. The Kier molecular flexibility index (Phi) is 6.03. The second kappa shape index (κ2) is 8.02. The topological polar surface area (TPSA) is 84.5 Å². The van der Waals surface area contributed by atoms with E-state index in [0.717, 1.165) is 5.56 Å². The lowest BCUT2D eigenvalue weighted by molar-refractivity contribution is -0.122. The van der Waals surface area contributed by atoms with Gasteiger partial charge in [-0.05, 0) is 47.9 Å². The number of sulfonamides is 1. The van der Waals surface area contributed by atoms with E-state index in [0.29, 0.717) is 17.4 Å². The SMILES string of the molecule is CNC(=O)COc1ccc(S(=O)(=O)Nc2ccc(C(C)C)cc2)cc1. The first-order valence-corrected chi connectivity index (χ1v) is 9.36. The number of ether oxygens (including phenoxy) is 1. The van der Waals surface area contributed by atoms with Crippen molar-refractivity contribution in [3.05, 3.63) is 54.1 Å². The van der Waals surface area contributed by atoms with E-state index < -0.39 is 10.0 Å². The van der Waals surface area contributed by atoms with Crippen molar-refractivity contribution in [3.63, 3.8) is 0 Å². The molecule has 1 amide bonds. The molecule has 2 aromatic carbocycles. The van der Waals surface area contributed by atoms with Gasteiger partial charge in [0.2, 0.25) is 0 Å². The Bertz CT molecular complexity index is 813. The highest BCUT2D eigenvalue weighted by Gasteiger charge is 2.14. The molecule has 0 aliphatic heterocycles. The number of hydrogen-bond donors (Lipinski definition) is 2. The Morgan fingerprint density at radius 2 is 1.64 bits per heavy atom. The Morgan fingerprint density at radius 3 is 2.16 bits per heavy atom. The van der Waals surface area contributed by atoms with Gasteiger partial charge < -0.3 is 10.1 Å². The highest BCUT2D eigenvalue weighted by atomic mass is 32.2. The third-order valence-electron chi connectivity index (χ3n) is 3.61. The van der Waals surface area contributed by atoms with Crippen molar-refractivity contribution in [2.75, 3.05) is 18.4 Å². The van der Waals surface area contributed by atoms with Gasteiger partial charge in [0.1, 0.15) is 5.75 Å². The average molecular weight is 362 g/mol. The van der Waals surface area contributed by atoms with E-state index in [-0.39, 0.29) is 17.4 Å². The van der Waals surface area contributed by atoms with Gasteiger partial charge in [0.25, 0.3) is 15.9 Å². The molecule has 0 radical (unpaired) electrons. The molecule has 0 saturated heterocycles. The van der Waals surface area contributed by atoms with Crippen LogP contribution in [0.5, 0.6) is 5.75 Å². The number of rotatable bonds is 7. The van der Waals surface area contributed by atoms with Gasteiger partial charge in [0, 0.05) is 12.7 Å².